The van der Waals surface area contributed by atoms with Crippen LogP contribution in [0.1, 0.15) is 5.69 Å². The SMILES string of the molecule is [C-]#[N+]c1ccc(-c2cccc(C)n2)s1. The first-order valence-electron chi connectivity index (χ1n) is 4.21. The van der Waals surface area contributed by atoms with E-state index in [2.05, 4.69) is 9.83 Å². The zero-order valence-electron chi connectivity index (χ0n) is 7.69. The Labute approximate surface area is 86.7 Å². The smallest absolute Gasteiger partial charge is 0.241 e. The third kappa shape index (κ3) is 1.66. The molecule has 2 aromatic rings. The Hall–Kier alpha value is -1.66. The van der Waals surface area contributed by atoms with Crippen molar-refractivity contribution in [3.05, 3.63) is 47.4 Å². The summed E-state index contributed by atoms with van der Waals surface area (Å²) in [5, 5.41) is 0.711. The van der Waals surface area contributed by atoms with E-state index in [-0.39, 0.29) is 0 Å². The number of thiophene rings is 1. The maximum atomic E-state index is 6.88. The van der Waals surface area contributed by atoms with Crippen molar-refractivity contribution in [3.8, 4) is 10.6 Å². The maximum Gasteiger partial charge on any atom is 0.241 e. The molecule has 0 N–H and O–H groups in total. The predicted octanol–water partition coefficient (Wildman–Crippen LogP) is 3.67. The number of pyridine rings is 1. The maximum absolute atomic E-state index is 6.88. The average Bonchev–Trinajstić information content (AvgIpc) is 2.66. The lowest BCUT2D eigenvalue weighted by atomic mass is 10.3. The summed E-state index contributed by atoms with van der Waals surface area (Å²) in [5.41, 5.74) is 1.95. The summed E-state index contributed by atoms with van der Waals surface area (Å²) in [6, 6.07) is 9.69. The Kier molecular flexibility index (Phi) is 2.30. The van der Waals surface area contributed by atoms with Gasteiger partial charge < -0.3 is 0 Å². The molecular formula is C11H8N2S. The molecule has 2 heterocycles. The molecule has 0 saturated heterocycles. The van der Waals surface area contributed by atoms with E-state index in [4.69, 9.17) is 6.57 Å². The average molecular weight is 200 g/mol. The van der Waals surface area contributed by atoms with Crippen LogP contribution in [0.15, 0.2) is 30.3 Å². The summed E-state index contributed by atoms with van der Waals surface area (Å²) in [5.74, 6) is 0. The van der Waals surface area contributed by atoms with Crippen LogP contribution >= 0.6 is 11.3 Å². The standard InChI is InChI=1S/C11H8N2S/c1-8-4-3-5-9(13-8)10-6-7-11(12-2)14-10/h3-7H,1H3. The van der Waals surface area contributed by atoms with E-state index in [1.54, 1.807) is 0 Å². The summed E-state index contributed by atoms with van der Waals surface area (Å²) < 4.78 is 0. The molecule has 0 spiro atoms. The van der Waals surface area contributed by atoms with Crippen molar-refractivity contribution in [1.29, 1.82) is 0 Å². The van der Waals surface area contributed by atoms with E-state index in [9.17, 15) is 0 Å². The fourth-order valence-electron chi connectivity index (χ4n) is 1.21. The summed E-state index contributed by atoms with van der Waals surface area (Å²) >= 11 is 1.48. The summed E-state index contributed by atoms with van der Waals surface area (Å²) in [6.07, 6.45) is 0. The van der Waals surface area contributed by atoms with Crippen molar-refractivity contribution < 1.29 is 0 Å². The van der Waals surface area contributed by atoms with Gasteiger partial charge in [-0.25, -0.2) is 4.85 Å². The number of nitrogens with zero attached hydrogens (tertiary/aromatic N) is 2. The van der Waals surface area contributed by atoms with E-state index in [1.807, 2.05) is 37.3 Å². The number of aryl methyl sites for hydroxylation is 1. The quantitative estimate of drug-likeness (QED) is 0.642. The van der Waals surface area contributed by atoms with Gasteiger partial charge >= 0.3 is 0 Å². The lowest BCUT2D eigenvalue weighted by molar-refractivity contribution is 1.21. The molecular weight excluding hydrogens is 192 g/mol. The first-order valence-corrected chi connectivity index (χ1v) is 5.02. The fourth-order valence-corrected chi connectivity index (χ4v) is 1.97. The molecule has 2 aromatic heterocycles. The molecule has 68 valence electrons. The topological polar surface area (TPSA) is 17.2 Å². The van der Waals surface area contributed by atoms with Gasteiger partial charge in [-0.3, -0.25) is 4.98 Å². The molecule has 14 heavy (non-hydrogen) atoms. The van der Waals surface area contributed by atoms with Gasteiger partial charge in [0.15, 0.2) is 0 Å². The number of hydrogen-bond donors (Lipinski definition) is 0. The third-order valence-corrected chi connectivity index (χ3v) is 2.84. The Morgan fingerprint density at radius 3 is 2.79 bits per heavy atom. The predicted molar refractivity (Wildman–Crippen MR) is 58.5 cm³/mol. The van der Waals surface area contributed by atoms with Gasteiger partial charge in [0.1, 0.15) is 0 Å². The summed E-state index contributed by atoms with van der Waals surface area (Å²) in [6.45, 7) is 8.84. The van der Waals surface area contributed by atoms with Crippen LogP contribution in [-0.2, 0) is 0 Å². The van der Waals surface area contributed by atoms with Crippen LogP contribution in [0.3, 0.4) is 0 Å². The fraction of sp³-hybridized carbons (Fsp3) is 0.0909. The van der Waals surface area contributed by atoms with E-state index in [1.165, 1.54) is 11.3 Å². The zero-order valence-corrected chi connectivity index (χ0v) is 8.51. The minimum atomic E-state index is 0.711. The van der Waals surface area contributed by atoms with Gasteiger partial charge in [-0.15, -0.1) is 0 Å². The summed E-state index contributed by atoms with van der Waals surface area (Å²) in [4.78, 5) is 8.83. The molecule has 0 atom stereocenters. The van der Waals surface area contributed by atoms with Crippen LogP contribution in [0.25, 0.3) is 15.4 Å². The van der Waals surface area contributed by atoms with E-state index < -0.39 is 0 Å². The second kappa shape index (κ2) is 3.60. The minimum Gasteiger partial charge on any atom is -0.252 e. The van der Waals surface area contributed by atoms with Crippen molar-refractivity contribution >= 4 is 16.3 Å². The zero-order chi connectivity index (χ0) is 9.97. The van der Waals surface area contributed by atoms with Gasteiger partial charge in [-0.2, -0.15) is 11.3 Å². The molecule has 0 fully saturated rings. The van der Waals surface area contributed by atoms with Crippen molar-refractivity contribution in [1.82, 2.24) is 4.98 Å². The minimum absolute atomic E-state index is 0.711. The van der Waals surface area contributed by atoms with Crippen molar-refractivity contribution in [2.45, 2.75) is 6.92 Å². The van der Waals surface area contributed by atoms with Gasteiger partial charge in [0.05, 0.1) is 12.3 Å². The lowest BCUT2D eigenvalue weighted by Gasteiger charge is -1.97. The second-order valence-corrected chi connectivity index (χ2v) is 3.98. The number of rotatable bonds is 1. The molecule has 0 bridgehead atoms. The molecule has 0 radical (unpaired) electrons. The van der Waals surface area contributed by atoms with E-state index in [0.717, 1.165) is 16.3 Å². The Bertz CT molecular complexity index is 494. The van der Waals surface area contributed by atoms with Crippen LogP contribution in [0.4, 0.5) is 5.00 Å². The molecule has 0 aliphatic carbocycles. The van der Waals surface area contributed by atoms with Gasteiger partial charge in [0.2, 0.25) is 5.00 Å². The molecule has 3 heteroatoms. The monoisotopic (exact) mass is 200 g/mol. The van der Waals surface area contributed by atoms with Crippen molar-refractivity contribution in [3.63, 3.8) is 0 Å². The molecule has 0 unspecified atom stereocenters. The molecule has 0 saturated carbocycles. The number of hydrogen-bond acceptors (Lipinski definition) is 2. The second-order valence-electron chi connectivity index (χ2n) is 2.91. The first kappa shape index (κ1) is 8.92. The number of aromatic nitrogens is 1. The van der Waals surface area contributed by atoms with Crippen LogP contribution in [0.2, 0.25) is 0 Å². The molecule has 0 aliphatic rings. The lowest BCUT2D eigenvalue weighted by Crippen LogP contribution is -1.82. The van der Waals surface area contributed by atoms with Gasteiger partial charge in [0.25, 0.3) is 0 Å². The highest BCUT2D eigenvalue weighted by Crippen LogP contribution is 2.31. The van der Waals surface area contributed by atoms with Crippen LogP contribution in [0.5, 0.6) is 0 Å². The van der Waals surface area contributed by atoms with Crippen LogP contribution in [0, 0.1) is 13.5 Å². The van der Waals surface area contributed by atoms with E-state index >= 15 is 0 Å². The first-order chi connectivity index (χ1) is 6.79. The largest absolute Gasteiger partial charge is 0.252 e. The third-order valence-electron chi connectivity index (χ3n) is 1.84. The van der Waals surface area contributed by atoms with Gasteiger partial charge in [-0.1, -0.05) is 12.1 Å². The summed E-state index contributed by atoms with van der Waals surface area (Å²) in [7, 11) is 0. The van der Waals surface area contributed by atoms with Crippen molar-refractivity contribution in [2.24, 2.45) is 0 Å². The van der Waals surface area contributed by atoms with Gasteiger partial charge in [-0.05, 0) is 25.1 Å². The molecule has 0 aliphatic heterocycles. The Morgan fingerprint density at radius 1 is 1.29 bits per heavy atom. The highest BCUT2D eigenvalue weighted by Gasteiger charge is 2.02. The molecule has 0 amide bonds. The Balaban J connectivity index is 2.45. The molecule has 2 nitrogen and oxygen atoms in total. The van der Waals surface area contributed by atoms with Gasteiger partial charge in [0, 0.05) is 10.6 Å². The van der Waals surface area contributed by atoms with Crippen LogP contribution in [-0.4, -0.2) is 4.98 Å². The van der Waals surface area contributed by atoms with Crippen LogP contribution < -0.4 is 0 Å². The van der Waals surface area contributed by atoms with Crippen molar-refractivity contribution in [2.75, 3.05) is 0 Å². The Morgan fingerprint density at radius 2 is 2.14 bits per heavy atom. The molecule has 0 aromatic carbocycles. The highest BCUT2D eigenvalue weighted by atomic mass is 32.1. The molecule has 2 rings (SSSR count). The van der Waals surface area contributed by atoms with E-state index in [0.29, 0.717) is 5.00 Å². The normalized spacial score (nSPS) is 9.71. The highest BCUT2D eigenvalue weighted by molar-refractivity contribution is 7.19.